The van der Waals surface area contributed by atoms with E-state index in [1.54, 1.807) is 42.2 Å². The Balaban J connectivity index is 1.58. The van der Waals surface area contributed by atoms with Crippen molar-refractivity contribution in [1.82, 2.24) is 10.2 Å². The minimum Gasteiger partial charge on any atom is -0.508 e. The van der Waals surface area contributed by atoms with Crippen molar-refractivity contribution in [2.45, 2.75) is 51.9 Å². The van der Waals surface area contributed by atoms with Gasteiger partial charge in [0.2, 0.25) is 11.1 Å². The number of benzene rings is 3. The molecule has 3 atom stereocenters. The van der Waals surface area contributed by atoms with E-state index in [0.29, 0.717) is 34.2 Å². The van der Waals surface area contributed by atoms with Crippen LogP contribution in [0, 0.1) is 12.8 Å². The van der Waals surface area contributed by atoms with Gasteiger partial charge in [-0.1, -0.05) is 61.8 Å². The summed E-state index contributed by atoms with van der Waals surface area (Å²) in [5, 5.41) is 12.1. The Kier molecular flexibility index (Phi) is 9.19. The summed E-state index contributed by atoms with van der Waals surface area (Å²) in [6, 6.07) is 18.1. The van der Waals surface area contributed by atoms with Gasteiger partial charge in [0.25, 0.3) is 5.91 Å². The number of hydrogen-bond acceptors (Lipinski definition) is 5. The van der Waals surface area contributed by atoms with Crippen LogP contribution >= 0.6 is 23.2 Å². The van der Waals surface area contributed by atoms with Crippen molar-refractivity contribution in [1.29, 1.82) is 0 Å². The van der Waals surface area contributed by atoms with Gasteiger partial charge in [-0.2, -0.15) is 0 Å². The number of aromatic hydroxyl groups is 1. The molecule has 0 spiro atoms. The minimum atomic E-state index is -0.963. The molecule has 40 heavy (non-hydrogen) atoms. The summed E-state index contributed by atoms with van der Waals surface area (Å²) in [5.74, 6) is 0.00934. The van der Waals surface area contributed by atoms with Crippen LogP contribution in [-0.2, 0) is 16.0 Å². The number of phenols is 1. The number of halogens is 2. The van der Waals surface area contributed by atoms with Crippen molar-refractivity contribution >= 4 is 45.9 Å². The predicted molar refractivity (Wildman–Crippen MR) is 158 cm³/mol. The molecule has 1 saturated heterocycles. The van der Waals surface area contributed by atoms with E-state index >= 15 is 0 Å². The molecule has 1 aliphatic rings. The van der Waals surface area contributed by atoms with Crippen LogP contribution in [0.1, 0.15) is 53.5 Å². The van der Waals surface area contributed by atoms with Gasteiger partial charge in [-0.05, 0) is 84.9 Å². The van der Waals surface area contributed by atoms with Crippen LogP contribution in [0.15, 0.2) is 66.7 Å². The number of likely N-dealkylation sites (N-methyl/N-ethyl adjacent to an activating group) is 1. The van der Waals surface area contributed by atoms with Crippen molar-refractivity contribution in [2.24, 2.45) is 5.92 Å². The SMILES string of the molecule is Cc1cccc(Cl)c1C(=O)NC(Cc1ccc(N2C(=O)C(CC(C)C)N(C)C2c2ccc(O)cc2)cc1)C(=O)Cl. The Labute approximate surface area is 244 Å². The van der Waals surface area contributed by atoms with Crippen LogP contribution in [0.4, 0.5) is 5.69 Å². The van der Waals surface area contributed by atoms with Gasteiger partial charge in [0.15, 0.2) is 0 Å². The molecule has 2 amide bonds. The number of rotatable bonds is 9. The summed E-state index contributed by atoms with van der Waals surface area (Å²) in [7, 11) is 1.94. The normalized spacial score (nSPS) is 18.3. The first-order valence-corrected chi connectivity index (χ1v) is 13.9. The van der Waals surface area contributed by atoms with E-state index in [2.05, 4.69) is 24.1 Å². The van der Waals surface area contributed by atoms with Crippen molar-refractivity contribution in [2.75, 3.05) is 11.9 Å². The number of phenolic OH excluding ortho intramolecular Hbond substituents is 1. The molecular formula is C31H33Cl2N3O4. The van der Waals surface area contributed by atoms with Crippen LogP contribution in [0.5, 0.6) is 5.75 Å². The summed E-state index contributed by atoms with van der Waals surface area (Å²) >= 11 is 12.1. The summed E-state index contributed by atoms with van der Waals surface area (Å²) in [6.45, 7) is 5.95. The summed E-state index contributed by atoms with van der Waals surface area (Å²) < 4.78 is 0. The average molecular weight is 583 g/mol. The zero-order valence-corrected chi connectivity index (χ0v) is 24.4. The number of anilines is 1. The molecule has 0 aliphatic carbocycles. The van der Waals surface area contributed by atoms with E-state index in [0.717, 1.165) is 11.1 Å². The van der Waals surface area contributed by atoms with Crippen LogP contribution in [0.3, 0.4) is 0 Å². The Morgan fingerprint density at radius 3 is 2.25 bits per heavy atom. The third-order valence-corrected chi connectivity index (χ3v) is 7.79. The summed E-state index contributed by atoms with van der Waals surface area (Å²) in [4.78, 5) is 42.7. The molecule has 4 rings (SSSR count). The highest BCUT2D eigenvalue weighted by atomic mass is 35.5. The molecular weight excluding hydrogens is 549 g/mol. The van der Waals surface area contributed by atoms with Crippen LogP contribution in [-0.4, -0.2) is 46.2 Å². The molecule has 2 N–H and O–H groups in total. The Morgan fingerprint density at radius 1 is 1.02 bits per heavy atom. The fraction of sp³-hybridized carbons (Fsp3) is 0.323. The fourth-order valence-electron chi connectivity index (χ4n) is 5.19. The topological polar surface area (TPSA) is 90.0 Å². The van der Waals surface area contributed by atoms with Gasteiger partial charge in [-0.15, -0.1) is 0 Å². The largest absolute Gasteiger partial charge is 0.508 e. The molecule has 1 aliphatic heterocycles. The number of hydrogen-bond donors (Lipinski definition) is 2. The third kappa shape index (κ3) is 6.33. The Hall–Kier alpha value is -3.39. The molecule has 0 saturated carbocycles. The molecule has 0 radical (unpaired) electrons. The second-order valence-electron chi connectivity index (χ2n) is 10.6. The molecule has 9 heteroatoms. The maximum Gasteiger partial charge on any atom is 0.253 e. The molecule has 1 heterocycles. The smallest absolute Gasteiger partial charge is 0.253 e. The Morgan fingerprint density at radius 2 is 1.68 bits per heavy atom. The van der Waals surface area contributed by atoms with E-state index in [9.17, 15) is 19.5 Å². The van der Waals surface area contributed by atoms with Gasteiger partial charge in [-0.25, -0.2) is 0 Å². The molecule has 3 unspecified atom stereocenters. The molecule has 3 aromatic rings. The lowest BCUT2D eigenvalue weighted by Crippen LogP contribution is -2.41. The molecule has 1 fully saturated rings. The summed E-state index contributed by atoms with van der Waals surface area (Å²) in [5.41, 5.74) is 3.34. The zero-order valence-electron chi connectivity index (χ0n) is 22.9. The first kappa shape index (κ1) is 29.6. The quantitative estimate of drug-likeness (QED) is 0.309. The maximum absolute atomic E-state index is 13.7. The van der Waals surface area contributed by atoms with Crippen molar-refractivity contribution < 1.29 is 19.5 Å². The monoisotopic (exact) mass is 581 g/mol. The lowest BCUT2D eigenvalue weighted by molar-refractivity contribution is -0.120. The van der Waals surface area contributed by atoms with Crippen molar-refractivity contribution in [3.63, 3.8) is 0 Å². The second-order valence-corrected chi connectivity index (χ2v) is 11.4. The van der Waals surface area contributed by atoms with Crippen molar-refractivity contribution in [3.05, 3.63) is 94.0 Å². The highest BCUT2D eigenvalue weighted by Crippen LogP contribution is 2.39. The maximum atomic E-state index is 13.7. The standard InChI is InChI=1S/C31H33Cl2N3O4/c1-18(2)16-26-31(40)36(30(35(26)4)21-10-14-23(37)15-11-21)22-12-8-20(9-13-22)17-25(28(33)38)34-29(39)27-19(3)6-5-7-24(27)32/h5-15,18,25-26,30,37H,16-17H2,1-4H3,(H,34,39). The molecule has 0 bridgehead atoms. The minimum absolute atomic E-state index is 0.00166. The predicted octanol–water partition coefficient (Wildman–Crippen LogP) is 5.85. The number of aryl methyl sites for hydroxylation is 1. The van der Waals surface area contributed by atoms with Gasteiger partial charge in [0, 0.05) is 12.1 Å². The number of carbonyl (C=O) groups is 3. The first-order chi connectivity index (χ1) is 19.0. The molecule has 7 nitrogen and oxygen atoms in total. The number of amides is 2. The lowest BCUT2D eigenvalue weighted by atomic mass is 10.0. The van der Waals surface area contributed by atoms with Gasteiger partial charge in [-0.3, -0.25) is 24.2 Å². The van der Waals surface area contributed by atoms with Gasteiger partial charge >= 0.3 is 0 Å². The van der Waals surface area contributed by atoms with Gasteiger partial charge in [0.1, 0.15) is 18.0 Å². The number of nitrogens with zero attached hydrogens (tertiary/aromatic N) is 2. The van der Waals surface area contributed by atoms with Crippen molar-refractivity contribution in [3.8, 4) is 5.75 Å². The average Bonchev–Trinajstić information content (AvgIpc) is 3.13. The fourth-order valence-corrected chi connectivity index (χ4v) is 5.63. The Bertz CT molecular complexity index is 1370. The second kappa shape index (κ2) is 12.4. The number of nitrogens with one attached hydrogen (secondary N) is 1. The van der Waals surface area contributed by atoms with Gasteiger partial charge < -0.3 is 10.4 Å². The lowest BCUT2D eigenvalue weighted by Gasteiger charge is -2.29. The third-order valence-electron chi connectivity index (χ3n) is 7.21. The van der Waals surface area contributed by atoms with E-state index in [1.165, 1.54) is 0 Å². The molecule has 0 aromatic heterocycles. The van der Waals surface area contributed by atoms with E-state index < -0.39 is 17.2 Å². The first-order valence-electron chi connectivity index (χ1n) is 13.2. The van der Waals surface area contributed by atoms with E-state index in [-0.39, 0.29) is 30.3 Å². The highest BCUT2D eigenvalue weighted by Gasteiger charge is 2.45. The van der Waals surface area contributed by atoms with Crippen LogP contribution in [0.2, 0.25) is 5.02 Å². The van der Waals surface area contributed by atoms with Crippen LogP contribution < -0.4 is 10.2 Å². The van der Waals surface area contributed by atoms with Gasteiger partial charge in [0.05, 0.1) is 16.6 Å². The molecule has 3 aromatic carbocycles. The number of carbonyl (C=O) groups excluding carboxylic acids is 3. The molecule has 210 valence electrons. The highest BCUT2D eigenvalue weighted by molar-refractivity contribution is 6.64. The zero-order chi connectivity index (χ0) is 29.1. The van der Waals surface area contributed by atoms with E-state index in [4.69, 9.17) is 23.2 Å². The summed E-state index contributed by atoms with van der Waals surface area (Å²) in [6.07, 6.45) is 0.532. The van der Waals surface area contributed by atoms with E-state index in [1.807, 2.05) is 43.4 Å². The van der Waals surface area contributed by atoms with Crippen LogP contribution in [0.25, 0.3) is 0 Å².